The molecule has 88 valence electrons. The number of halogens is 1. The SMILES string of the molecule is O=c1ccccn1CCNc1ccc(Br)cc1. The van der Waals surface area contributed by atoms with E-state index in [1.54, 1.807) is 22.9 Å². The first-order chi connectivity index (χ1) is 8.25. The molecule has 0 atom stereocenters. The largest absolute Gasteiger partial charge is 0.383 e. The van der Waals surface area contributed by atoms with Gasteiger partial charge in [0.2, 0.25) is 0 Å². The van der Waals surface area contributed by atoms with Crippen molar-refractivity contribution in [2.24, 2.45) is 0 Å². The number of nitrogens with one attached hydrogen (secondary N) is 1. The molecule has 0 amide bonds. The van der Waals surface area contributed by atoms with E-state index in [1.807, 2.05) is 30.3 Å². The van der Waals surface area contributed by atoms with Crippen LogP contribution in [0, 0.1) is 0 Å². The standard InChI is InChI=1S/C13H13BrN2O/c14-11-4-6-12(7-5-11)15-8-10-16-9-2-1-3-13(16)17/h1-7,9,15H,8,10H2. The van der Waals surface area contributed by atoms with E-state index in [4.69, 9.17) is 0 Å². The molecule has 2 aromatic rings. The van der Waals surface area contributed by atoms with E-state index in [9.17, 15) is 4.79 Å². The Balaban J connectivity index is 1.90. The van der Waals surface area contributed by atoms with Crippen LogP contribution >= 0.6 is 15.9 Å². The van der Waals surface area contributed by atoms with E-state index in [0.717, 1.165) is 16.7 Å². The van der Waals surface area contributed by atoms with Crippen LogP contribution in [0.5, 0.6) is 0 Å². The molecule has 0 aliphatic rings. The van der Waals surface area contributed by atoms with Gasteiger partial charge in [-0.05, 0) is 30.3 Å². The Morgan fingerprint density at radius 2 is 1.88 bits per heavy atom. The van der Waals surface area contributed by atoms with Crippen LogP contribution in [0.1, 0.15) is 0 Å². The van der Waals surface area contributed by atoms with Crippen LogP contribution in [-0.2, 0) is 6.54 Å². The van der Waals surface area contributed by atoms with Crippen LogP contribution in [0.15, 0.2) is 57.9 Å². The van der Waals surface area contributed by atoms with Crippen LogP contribution in [0.2, 0.25) is 0 Å². The van der Waals surface area contributed by atoms with Crippen molar-refractivity contribution < 1.29 is 0 Å². The molecule has 0 aliphatic carbocycles. The van der Waals surface area contributed by atoms with Crippen molar-refractivity contribution in [3.63, 3.8) is 0 Å². The van der Waals surface area contributed by atoms with Crippen LogP contribution < -0.4 is 10.9 Å². The molecule has 1 aromatic carbocycles. The lowest BCUT2D eigenvalue weighted by molar-refractivity contribution is 0.697. The highest BCUT2D eigenvalue weighted by molar-refractivity contribution is 9.10. The topological polar surface area (TPSA) is 34.0 Å². The zero-order valence-electron chi connectivity index (χ0n) is 9.27. The number of nitrogens with zero attached hydrogens (tertiary/aromatic N) is 1. The molecule has 0 saturated carbocycles. The fourth-order valence-corrected chi connectivity index (χ4v) is 1.80. The quantitative estimate of drug-likeness (QED) is 0.940. The summed E-state index contributed by atoms with van der Waals surface area (Å²) in [5, 5.41) is 3.27. The van der Waals surface area contributed by atoms with E-state index in [2.05, 4.69) is 21.2 Å². The third-order valence-corrected chi connectivity index (χ3v) is 2.95. The summed E-state index contributed by atoms with van der Waals surface area (Å²) >= 11 is 3.39. The Kier molecular flexibility index (Phi) is 3.98. The fourth-order valence-electron chi connectivity index (χ4n) is 1.53. The second-order valence-electron chi connectivity index (χ2n) is 3.67. The van der Waals surface area contributed by atoms with Gasteiger partial charge in [-0.1, -0.05) is 22.0 Å². The normalized spacial score (nSPS) is 10.2. The molecule has 1 heterocycles. The summed E-state index contributed by atoms with van der Waals surface area (Å²) < 4.78 is 2.74. The number of pyridine rings is 1. The van der Waals surface area contributed by atoms with E-state index < -0.39 is 0 Å². The molecule has 0 saturated heterocycles. The van der Waals surface area contributed by atoms with Crippen molar-refractivity contribution in [1.29, 1.82) is 0 Å². The van der Waals surface area contributed by atoms with Crippen molar-refractivity contribution in [2.45, 2.75) is 6.54 Å². The minimum atomic E-state index is 0.0325. The fraction of sp³-hybridized carbons (Fsp3) is 0.154. The van der Waals surface area contributed by atoms with E-state index in [1.165, 1.54) is 0 Å². The number of anilines is 1. The van der Waals surface area contributed by atoms with E-state index in [0.29, 0.717) is 6.54 Å². The molecular weight excluding hydrogens is 280 g/mol. The molecular formula is C13H13BrN2O. The van der Waals surface area contributed by atoms with E-state index in [-0.39, 0.29) is 5.56 Å². The van der Waals surface area contributed by atoms with Crippen LogP contribution in [-0.4, -0.2) is 11.1 Å². The molecule has 0 fully saturated rings. The maximum atomic E-state index is 11.4. The molecule has 3 nitrogen and oxygen atoms in total. The van der Waals surface area contributed by atoms with Gasteiger partial charge in [0.1, 0.15) is 0 Å². The monoisotopic (exact) mass is 292 g/mol. The van der Waals surface area contributed by atoms with E-state index >= 15 is 0 Å². The summed E-state index contributed by atoms with van der Waals surface area (Å²) in [6.45, 7) is 1.39. The van der Waals surface area contributed by atoms with Crippen molar-refractivity contribution in [3.05, 3.63) is 63.5 Å². The Labute approximate surface area is 108 Å². The van der Waals surface area contributed by atoms with Crippen LogP contribution in [0.25, 0.3) is 0 Å². The first-order valence-electron chi connectivity index (χ1n) is 5.40. The van der Waals surface area contributed by atoms with Crippen molar-refractivity contribution in [2.75, 3.05) is 11.9 Å². The number of rotatable bonds is 4. The molecule has 2 rings (SSSR count). The van der Waals surface area contributed by atoms with Crippen LogP contribution in [0.4, 0.5) is 5.69 Å². The third-order valence-electron chi connectivity index (χ3n) is 2.43. The summed E-state index contributed by atoms with van der Waals surface area (Å²) in [6.07, 6.45) is 1.80. The maximum absolute atomic E-state index is 11.4. The van der Waals surface area contributed by atoms with Gasteiger partial charge in [-0.3, -0.25) is 4.79 Å². The Bertz CT molecular complexity index is 534. The summed E-state index contributed by atoms with van der Waals surface area (Å²) in [5.41, 5.74) is 1.09. The summed E-state index contributed by atoms with van der Waals surface area (Å²) in [7, 11) is 0. The average Bonchev–Trinajstić information content (AvgIpc) is 2.34. The molecule has 0 spiro atoms. The predicted molar refractivity (Wildman–Crippen MR) is 73.3 cm³/mol. The number of aromatic nitrogens is 1. The number of hydrogen-bond donors (Lipinski definition) is 1. The van der Waals surface area contributed by atoms with Gasteiger partial charge in [0.15, 0.2) is 0 Å². The van der Waals surface area contributed by atoms with Gasteiger partial charge in [0.05, 0.1) is 0 Å². The van der Waals surface area contributed by atoms with Crippen molar-refractivity contribution in [1.82, 2.24) is 4.57 Å². The Morgan fingerprint density at radius 3 is 2.59 bits per heavy atom. The minimum Gasteiger partial charge on any atom is -0.383 e. The number of hydrogen-bond acceptors (Lipinski definition) is 2. The third kappa shape index (κ3) is 3.46. The summed E-state index contributed by atoms with van der Waals surface area (Å²) in [4.78, 5) is 11.4. The molecule has 0 bridgehead atoms. The molecule has 1 aromatic heterocycles. The van der Waals surface area contributed by atoms with Crippen LogP contribution in [0.3, 0.4) is 0 Å². The Morgan fingerprint density at radius 1 is 1.12 bits per heavy atom. The smallest absolute Gasteiger partial charge is 0.250 e. The highest BCUT2D eigenvalue weighted by Gasteiger charge is 1.94. The maximum Gasteiger partial charge on any atom is 0.250 e. The lowest BCUT2D eigenvalue weighted by Crippen LogP contribution is -2.21. The molecule has 17 heavy (non-hydrogen) atoms. The van der Waals surface area contributed by atoms with Gasteiger partial charge in [-0.15, -0.1) is 0 Å². The van der Waals surface area contributed by atoms with Crippen molar-refractivity contribution >= 4 is 21.6 Å². The minimum absolute atomic E-state index is 0.0325. The summed E-state index contributed by atoms with van der Waals surface area (Å²) in [6, 6.07) is 13.1. The van der Waals surface area contributed by atoms with Gasteiger partial charge in [0, 0.05) is 35.5 Å². The lowest BCUT2D eigenvalue weighted by atomic mass is 10.3. The average molecular weight is 293 g/mol. The predicted octanol–water partition coefficient (Wildman–Crippen LogP) is 2.72. The highest BCUT2D eigenvalue weighted by atomic mass is 79.9. The van der Waals surface area contributed by atoms with Gasteiger partial charge < -0.3 is 9.88 Å². The molecule has 1 N–H and O–H groups in total. The number of benzene rings is 1. The van der Waals surface area contributed by atoms with Gasteiger partial charge >= 0.3 is 0 Å². The second kappa shape index (κ2) is 5.68. The molecule has 0 unspecified atom stereocenters. The van der Waals surface area contributed by atoms with Crippen molar-refractivity contribution in [3.8, 4) is 0 Å². The first kappa shape index (κ1) is 11.9. The molecule has 0 radical (unpaired) electrons. The van der Waals surface area contributed by atoms with Gasteiger partial charge in [-0.25, -0.2) is 0 Å². The highest BCUT2D eigenvalue weighted by Crippen LogP contribution is 2.13. The Hall–Kier alpha value is -1.55. The van der Waals surface area contributed by atoms with Gasteiger partial charge in [-0.2, -0.15) is 0 Å². The first-order valence-corrected chi connectivity index (χ1v) is 6.20. The molecule has 4 heteroatoms. The van der Waals surface area contributed by atoms with Gasteiger partial charge in [0.25, 0.3) is 5.56 Å². The molecule has 0 aliphatic heterocycles. The summed E-state index contributed by atoms with van der Waals surface area (Å²) in [5.74, 6) is 0. The zero-order valence-corrected chi connectivity index (χ0v) is 10.9. The zero-order chi connectivity index (χ0) is 12.1. The second-order valence-corrected chi connectivity index (χ2v) is 4.58. The lowest BCUT2D eigenvalue weighted by Gasteiger charge is -2.08.